The van der Waals surface area contributed by atoms with Crippen LogP contribution in [0.25, 0.3) is 11.1 Å². The topological polar surface area (TPSA) is 65.9 Å². The molecule has 212 valence electrons. The number of anilines is 1. The number of benzene rings is 1. The van der Waals surface area contributed by atoms with Crippen LogP contribution in [0.2, 0.25) is 0 Å². The van der Waals surface area contributed by atoms with Gasteiger partial charge >= 0.3 is 5.97 Å². The molecule has 6 heteroatoms. The van der Waals surface area contributed by atoms with E-state index >= 15 is 0 Å². The lowest BCUT2D eigenvalue weighted by Gasteiger charge is -2.41. The van der Waals surface area contributed by atoms with E-state index in [4.69, 9.17) is 9.72 Å². The number of ether oxygens (including phenoxy) is 1. The zero-order valence-corrected chi connectivity index (χ0v) is 25.1. The molecule has 0 radical (unpaired) electrons. The molecule has 0 spiro atoms. The minimum Gasteiger partial charge on any atom is -0.479 e. The van der Waals surface area contributed by atoms with Gasteiger partial charge in [-0.2, -0.15) is 0 Å². The fourth-order valence-corrected chi connectivity index (χ4v) is 6.34. The first kappa shape index (κ1) is 28.1. The number of carboxylic acid groups (broad SMARTS) is 1. The Balaban J connectivity index is 1.62. The van der Waals surface area contributed by atoms with Gasteiger partial charge in [-0.25, -0.2) is 4.79 Å². The zero-order chi connectivity index (χ0) is 28.1. The van der Waals surface area contributed by atoms with Crippen molar-refractivity contribution in [3.05, 3.63) is 46.3 Å². The molecule has 1 saturated carbocycles. The van der Waals surface area contributed by atoms with Crippen molar-refractivity contribution in [3.8, 4) is 11.1 Å². The Morgan fingerprint density at radius 3 is 2.41 bits per heavy atom. The van der Waals surface area contributed by atoms with Crippen LogP contribution in [0, 0.1) is 25.2 Å². The molecule has 1 aromatic carbocycles. The molecule has 1 aliphatic carbocycles. The minimum absolute atomic E-state index is 0.278. The molecule has 3 aliphatic rings. The number of fused-ring (bicyclic) bond motifs is 1. The van der Waals surface area contributed by atoms with Crippen LogP contribution in [0.15, 0.2) is 18.2 Å². The fourth-order valence-electron chi connectivity index (χ4n) is 6.34. The maximum Gasteiger partial charge on any atom is 0.337 e. The molecule has 6 nitrogen and oxygen atoms in total. The molecule has 0 unspecified atom stereocenters. The van der Waals surface area contributed by atoms with Crippen LogP contribution >= 0.6 is 0 Å². The summed E-state index contributed by atoms with van der Waals surface area (Å²) in [6.07, 6.45) is 4.86. The van der Waals surface area contributed by atoms with Gasteiger partial charge < -0.3 is 14.7 Å². The van der Waals surface area contributed by atoms with E-state index in [0.717, 1.165) is 79.6 Å². The van der Waals surface area contributed by atoms with Crippen LogP contribution in [0.1, 0.15) is 94.5 Å². The second-order valence-electron chi connectivity index (χ2n) is 13.9. The van der Waals surface area contributed by atoms with Gasteiger partial charge in [-0.3, -0.25) is 9.88 Å². The fraction of sp³-hybridized carbons (Fsp3) is 0.636. The van der Waals surface area contributed by atoms with Gasteiger partial charge in [0.25, 0.3) is 0 Å². The first-order valence-electron chi connectivity index (χ1n) is 14.8. The molecule has 1 saturated heterocycles. The molecule has 0 amide bonds. The highest BCUT2D eigenvalue weighted by Gasteiger charge is 2.36. The van der Waals surface area contributed by atoms with Gasteiger partial charge in [0.2, 0.25) is 0 Å². The molecular formula is C33H47N3O3. The van der Waals surface area contributed by atoms with Crippen LogP contribution < -0.4 is 4.90 Å². The summed E-state index contributed by atoms with van der Waals surface area (Å²) in [4.78, 5) is 22.7. The second-order valence-corrected chi connectivity index (χ2v) is 13.9. The molecule has 2 aromatic rings. The number of hydrogen-bond acceptors (Lipinski definition) is 5. The standard InChI is InChI=1S/C33H47N3O3/c1-21-27(25-10-11-26-20-35(19-23-8-9-23)15-12-24(26)18-25)29(36-16-13-33(6,7)14-17-36)28(22(2)34-21)30(31(37)38)39-32(3,4)5/h10-11,18,23,30H,8-9,12-17,19-20H2,1-7H3,(H,37,38)/t30-/m0/s1. The van der Waals surface area contributed by atoms with Crippen molar-refractivity contribution in [3.63, 3.8) is 0 Å². The SMILES string of the molecule is Cc1nc(C)c([C@H](OC(C)(C)C)C(=O)O)c(N2CCC(C)(C)CC2)c1-c1ccc2c(c1)CCN(CC1CC1)C2. The second kappa shape index (κ2) is 10.5. The maximum atomic E-state index is 12.7. The lowest BCUT2D eigenvalue weighted by atomic mass is 9.81. The first-order valence-corrected chi connectivity index (χ1v) is 14.8. The van der Waals surface area contributed by atoms with Gasteiger partial charge in [-0.1, -0.05) is 32.0 Å². The Labute approximate surface area is 234 Å². The van der Waals surface area contributed by atoms with Crippen molar-refractivity contribution in [2.45, 2.75) is 98.8 Å². The number of piperidine rings is 1. The van der Waals surface area contributed by atoms with Crippen molar-refractivity contribution < 1.29 is 14.6 Å². The van der Waals surface area contributed by atoms with E-state index < -0.39 is 17.7 Å². The molecule has 39 heavy (non-hydrogen) atoms. The third kappa shape index (κ3) is 6.33. The van der Waals surface area contributed by atoms with Gasteiger partial charge in [0.15, 0.2) is 6.10 Å². The van der Waals surface area contributed by atoms with Crippen molar-refractivity contribution in [1.29, 1.82) is 0 Å². The third-order valence-electron chi connectivity index (χ3n) is 8.77. The summed E-state index contributed by atoms with van der Waals surface area (Å²) in [5.74, 6) is -0.0653. The highest BCUT2D eigenvalue weighted by atomic mass is 16.5. The predicted molar refractivity (Wildman–Crippen MR) is 157 cm³/mol. The predicted octanol–water partition coefficient (Wildman–Crippen LogP) is 6.70. The Morgan fingerprint density at radius 2 is 1.79 bits per heavy atom. The van der Waals surface area contributed by atoms with Gasteiger partial charge in [-0.15, -0.1) is 0 Å². The summed E-state index contributed by atoms with van der Waals surface area (Å²) in [7, 11) is 0. The van der Waals surface area contributed by atoms with Crippen molar-refractivity contribution in [2.24, 2.45) is 11.3 Å². The van der Waals surface area contributed by atoms with E-state index in [2.05, 4.69) is 48.8 Å². The number of aromatic nitrogens is 1. The van der Waals surface area contributed by atoms with Gasteiger partial charge in [0.1, 0.15) is 0 Å². The molecular weight excluding hydrogens is 486 g/mol. The molecule has 5 rings (SSSR count). The van der Waals surface area contributed by atoms with E-state index in [-0.39, 0.29) is 5.41 Å². The Bertz CT molecular complexity index is 1230. The summed E-state index contributed by atoms with van der Waals surface area (Å²) in [6, 6.07) is 6.89. The van der Waals surface area contributed by atoms with Crippen LogP contribution in [0.4, 0.5) is 5.69 Å². The number of aliphatic carboxylic acids is 1. The van der Waals surface area contributed by atoms with E-state index in [1.54, 1.807) is 0 Å². The number of pyridine rings is 1. The van der Waals surface area contributed by atoms with E-state index in [0.29, 0.717) is 5.56 Å². The van der Waals surface area contributed by atoms with Crippen molar-refractivity contribution in [1.82, 2.24) is 9.88 Å². The molecule has 1 aromatic heterocycles. The van der Waals surface area contributed by atoms with Crippen molar-refractivity contribution in [2.75, 3.05) is 31.1 Å². The number of nitrogens with zero attached hydrogens (tertiary/aromatic N) is 3. The number of aryl methyl sites for hydroxylation is 2. The van der Waals surface area contributed by atoms with E-state index in [9.17, 15) is 9.90 Å². The number of carbonyl (C=O) groups is 1. The zero-order valence-electron chi connectivity index (χ0n) is 25.1. The Morgan fingerprint density at radius 1 is 1.10 bits per heavy atom. The van der Waals surface area contributed by atoms with Crippen LogP contribution in [0.3, 0.4) is 0 Å². The van der Waals surface area contributed by atoms with Crippen LogP contribution in [-0.2, 0) is 22.5 Å². The average molecular weight is 534 g/mol. The molecule has 0 bridgehead atoms. The van der Waals surface area contributed by atoms with E-state index in [1.165, 1.54) is 30.5 Å². The summed E-state index contributed by atoms with van der Waals surface area (Å²) in [5.41, 5.74) is 8.07. The molecule has 2 aliphatic heterocycles. The van der Waals surface area contributed by atoms with Gasteiger partial charge in [0.05, 0.1) is 11.3 Å². The highest BCUT2D eigenvalue weighted by molar-refractivity contribution is 5.88. The lowest BCUT2D eigenvalue weighted by Crippen LogP contribution is -2.39. The Kier molecular flexibility index (Phi) is 7.58. The Hall–Kier alpha value is -2.44. The summed E-state index contributed by atoms with van der Waals surface area (Å²) in [5, 5.41) is 10.4. The molecule has 3 heterocycles. The van der Waals surface area contributed by atoms with Crippen LogP contribution in [0.5, 0.6) is 0 Å². The summed E-state index contributed by atoms with van der Waals surface area (Å²) >= 11 is 0. The number of rotatable bonds is 7. The lowest BCUT2D eigenvalue weighted by molar-refractivity contribution is -0.160. The van der Waals surface area contributed by atoms with E-state index in [1.807, 2.05) is 27.7 Å². The largest absolute Gasteiger partial charge is 0.479 e. The number of hydrogen-bond donors (Lipinski definition) is 1. The van der Waals surface area contributed by atoms with Gasteiger partial charge in [0, 0.05) is 55.2 Å². The highest BCUT2D eigenvalue weighted by Crippen LogP contribution is 2.45. The minimum atomic E-state index is -1.09. The normalized spacial score (nSPS) is 20.5. The quantitative estimate of drug-likeness (QED) is 0.427. The first-order chi connectivity index (χ1) is 18.3. The van der Waals surface area contributed by atoms with Crippen LogP contribution in [-0.4, -0.2) is 52.7 Å². The van der Waals surface area contributed by atoms with Crippen molar-refractivity contribution >= 4 is 11.7 Å². The smallest absolute Gasteiger partial charge is 0.337 e. The van der Waals surface area contributed by atoms with Gasteiger partial charge in [-0.05, 0) is 94.7 Å². The monoisotopic (exact) mass is 533 g/mol. The maximum absolute atomic E-state index is 12.7. The molecule has 2 fully saturated rings. The summed E-state index contributed by atoms with van der Waals surface area (Å²) in [6.45, 7) is 19.5. The molecule has 1 N–H and O–H groups in total. The average Bonchev–Trinajstić information content (AvgIpc) is 3.66. The summed E-state index contributed by atoms with van der Waals surface area (Å²) < 4.78 is 6.24. The third-order valence-corrected chi connectivity index (χ3v) is 8.77. The molecule has 1 atom stereocenters. The number of carboxylic acids is 1.